The van der Waals surface area contributed by atoms with E-state index in [4.69, 9.17) is 0 Å². The Labute approximate surface area is 123 Å². The topological polar surface area (TPSA) is 23.5 Å². The predicted octanol–water partition coefficient (Wildman–Crippen LogP) is 3.80. The van der Waals surface area contributed by atoms with Crippen molar-refractivity contribution in [1.29, 1.82) is 0 Å². The fourth-order valence-corrected chi connectivity index (χ4v) is 3.73. The molecule has 1 fully saturated rings. The zero-order valence-corrected chi connectivity index (χ0v) is 13.1. The normalized spacial score (nSPS) is 27.2. The van der Waals surface area contributed by atoms with Gasteiger partial charge in [-0.25, -0.2) is 0 Å². The van der Waals surface area contributed by atoms with Gasteiger partial charge in [0.15, 0.2) is 0 Å². The van der Waals surface area contributed by atoms with Crippen LogP contribution in [0.1, 0.15) is 57.4 Å². The van der Waals surface area contributed by atoms with Gasteiger partial charge in [-0.2, -0.15) is 0 Å². The molecule has 1 aliphatic rings. The standard InChI is InChI=1S/C18H29NO/c1-4-16(5-2)19(3)17-13-15(11-12-18(17)20)14-9-7-6-8-10-14/h6-10,15-18,20H,4-5,11-13H2,1-3H3. The summed E-state index contributed by atoms with van der Waals surface area (Å²) < 4.78 is 0. The first-order chi connectivity index (χ1) is 9.67. The van der Waals surface area contributed by atoms with Crippen molar-refractivity contribution in [2.75, 3.05) is 7.05 Å². The zero-order chi connectivity index (χ0) is 14.5. The third kappa shape index (κ3) is 3.42. The summed E-state index contributed by atoms with van der Waals surface area (Å²) in [6, 6.07) is 11.7. The van der Waals surface area contributed by atoms with E-state index >= 15 is 0 Å². The minimum atomic E-state index is -0.166. The summed E-state index contributed by atoms with van der Waals surface area (Å²) in [5.74, 6) is 0.599. The molecule has 1 saturated carbocycles. The van der Waals surface area contributed by atoms with Crippen molar-refractivity contribution in [2.24, 2.45) is 0 Å². The van der Waals surface area contributed by atoms with Crippen LogP contribution in [0.4, 0.5) is 0 Å². The molecule has 1 aromatic carbocycles. The molecule has 1 N–H and O–H groups in total. The van der Waals surface area contributed by atoms with Crippen LogP contribution in [0.2, 0.25) is 0 Å². The average Bonchev–Trinajstić information content (AvgIpc) is 2.49. The van der Waals surface area contributed by atoms with Crippen molar-refractivity contribution in [2.45, 2.75) is 70.1 Å². The third-order valence-electron chi connectivity index (χ3n) is 5.09. The fraction of sp³-hybridized carbons (Fsp3) is 0.667. The lowest BCUT2D eigenvalue weighted by Gasteiger charge is -2.42. The molecule has 0 radical (unpaired) electrons. The molecular formula is C18H29NO. The Kier molecular flexibility index (Phi) is 5.62. The summed E-state index contributed by atoms with van der Waals surface area (Å²) in [5.41, 5.74) is 1.43. The first kappa shape index (κ1) is 15.5. The van der Waals surface area contributed by atoms with E-state index in [9.17, 15) is 5.11 Å². The number of hydrogen-bond donors (Lipinski definition) is 1. The smallest absolute Gasteiger partial charge is 0.0695 e. The molecule has 0 aliphatic heterocycles. The summed E-state index contributed by atoms with van der Waals surface area (Å²) in [4.78, 5) is 2.43. The lowest BCUT2D eigenvalue weighted by molar-refractivity contribution is 0.00508. The van der Waals surface area contributed by atoms with Crippen molar-refractivity contribution < 1.29 is 5.11 Å². The van der Waals surface area contributed by atoms with E-state index in [0.29, 0.717) is 18.0 Å². The van der Waals surface area contributed by atoms with E-state index in [0.717, 1.165) is 32.1 Å². The van der Waals surface area contributed by atoms with E-state index in [1.807, 2.05) is 0 Å². The van der Waals surface area contributed by atoms with Crippen LogP contribution in [-0.4, -0.2) is 35.2 Å². The molecule has 0 aromatic heterocycles. The fourth-order valence-electron chi connectivity index (χ4n) is 3.73. The molecule has 1 aliphatic carbocycles. The number of benzene rings is 1. The molecule has 1 aromatic rings. The van der Waals surface area contributed by atoms with Gasteiger partial charge in [0.2, 0.25) is 0 Å². The molecule has 0 amide bonds. The largest absolute Gasteiger partial charge is 0.391 e. The second-order valence-electron chi connectivity index (χ2n) is 6.19. The van der Waals surface area contributed by atoms with Gasteiger partial charge in [0.25, 0.3) is 0 Å². The van der Waals surface area contributed by atoms with Gasteiger partial charge < -0.3 is 5.11 Å². The average molecular weight is 275 g/mol. The van der Waals surface area contributed by atoms with Crippen LogP contribution in [0.15, 0.2) is 30.3 Å². The summed E-state index contributed by atoms with van der Waals surface area (Å²) in [6.07, 6.45) is 5.27. The van der Waals surface area contributed by atoms with Crippen LogP contribution in [0.5, 0.6) is 0 Å². The summed E-state index contributed by atoms with van der Waals surface area (Å²) in [5, 5.41) is 10.4. The van der Waals surface area contributed by atoms with Gasteiger partial charge in [0.05, 0.1) is 6.10 Å². The Balaban J connectivity index is 2.08. The molecule has 3 unspecified atom stereocenters. The van der Waals surface area contributed by atoms with E-state index < -0.39 is 0 Å². The van der Waals surface area contributed by atoms with Crippen LogP contribution in [0.25, 0.3) is 0 Å². The Hall–Kier alpha value is -0.860. The molecule has 0 bridgehead atoms. The Morgan fingerprint density at radius 3 is 2.40 bits per heavy atom. The third-order valence-corrected chi connectivity index (χ3v) is 5.09. The maximum atomic E-state index is 10.4. The number of nitrogens with zero attached hydrogens (tertiary/aromatic N) is 1. The molecule has 20 heavy (non-hydrogen) atoms. The SMILES string of the molecule is CCC(CC)N(C)C1CC(c2ccccc2)CCC1O. The highest BCUT2D eigenvalue weighted by Gasteiger charge is 2.34. The van der Waals surface area contributed by atoms with Gasteiger partial charge in [-0.05, 0) is 50.6 Å². The molecule has 0 spiro atoms. The van der Waals surface area contributed by atoms with Gasteiger partial charge in [-0.3, -0.25) is 4.90 Å². The van der Waals surface area contributed by atoms with Crippen LogP contribution >= 0.6 is 0 Å². The highest BCUT2D eigenvalue weighted by molar-refractivity contribution is 5.20. The number of likely N-dealkylation sites (N-methyl/N-ethyl adjacent to an activating group) is 1. The summed E-state index contributed by atoms with van der Waals surface area (Å²) in [6.45, 7) is 4.49. The van der Waals surface area contributed by atoms with Crippen LogP contribution in [0.3, 0.4) is 0 Å². The molecule has 2 heteroatoms. The lowest BCUT2D eigenvalue weighted by Crippen LogP contribution is -2.49. The van der Waals surface area contributed by atoms with Crippen molar-refractivity contribution in [3.63, 3.8) is 0 Å². The first-order valence-electron chi connectivity index (χ1n) is 8.12. The van der Waals surface area contributed by atoms with Gasteiger partial charge in [0.1, 0.15) is 0 Å². The van der Waals surface area contributed by atoms with E-state index in [1.54, 1.807) is 0 Å². The second-order valence-corrected chi connectivity index (χ2v) is 6.19. The highest BCUT2D eigenvalue weighted by Crippen LogP contribution is 2.35. The minimum absolute atomic E-state index is 0.166. The number of hydrogen-bond acceptors (Lipinski definition) is 2. The van der Waals surface area contributed by atoms with E-state index in [2.05, 4.69) is 56.1 Å². The van der Waals surface area contributed by atoms with E-state index in [-0.39, 0.29) is 6.10 Å². The molecule has 2 rings (SSSR count). The first-order valence-corrected chi connectivity index (χ1v) is 8.12. The van der Waals surface area contributed by atoms with Crippen LogP contribution < -0.4 is 0 Å². The second kappa shape index (κ2) is 7.24. The summed E-state index contributed by atoms with van der Waals surface area (Å²) >= 11 is 0. The number of rotatable bonds is 5. The van der Waals surface area contributed by atoms with Crippen molar-refractivity contribution >= 4 is 0 Å². The van der Waals surface area contributed by atoms with E-state index in [1.165, 1.54) is 5.56 Å². The lowest BCUT2D eigenvalue weighted by atomic mass is 9.79. The predicted molar refractivity (Wildman–Crippen MR) is 85.0 cm³/mol. The zero-order valence-electron chi connectivity index (χ0n) is 13.1. The molecule has 3 atom stereocenters. The van der Waals surface area contributed by atoms with Gasteiger partial charge in [0, 0.05) is 12.1 Å². The molecule has 0 heterocycles. The van der Waals surface area contributed by atoms with Crippen molar-refractivity contribution in [1.82, 2.24) is 4.90 Å². The van der Waals surface area contributed by atoms with Gasteiger partial charge in [-0.1, -0.05) is 44.2 Å². The highest BCUT2D eigenvalue weighted by atomic mass is 16.3. The minimum Gasteiger partial charge on any atom is -0.391 e. The quantitative estimate of drug-likeness (QED) is 0.883. The summed E-state index contributed by atoms with van der Waals surface area (Å²) in [7, 11) is 2.19. The molecule has 0 saturated heterocycles. The Morgan fingerprint density at radius 2 is 1.80 bits per heavy atom. The Morgan fingerprint density at radius 1 is 1.15 bits per heavy atom. The van der Waals surface area contributed by atoms with Crippen molar-refractivity contribution in [3.05, 3.63) is 35.9 Å². The molecule has 112 valence electrons. The molecule has 2 nitrogen and oxygen atoms in total. The van der Waals surface area contributed by atoms with Gasteiger partial charge >= 0.3 is 0 Å². The number of aliphatic hydroxyl groups excluding tert-OH is 1. The Bertz CT molecular complexity index is 388. The number of aliphatic hydroxyl groups is 1. The monoisotopic (exact) mass is 275 g/mol. The maximum Gasteiger partial charge on any atom is 0.0695 e. The van der Waals surface area contributed by atoms with Gasteiger partial charge in [-0.15, -0.1) is 0 Å². The maximum absolute atomic E-state index is 10.4. The van der Waals surface area contributed by atoms with Crippen molar-refractivity contribution in [3.8, 4) is 0 Å². The van der Waals surface area contributed by atoms with Crippen LogP contribution in [-0.2, 0) is 0 Å². The molecular weight excluding hydrogens is 246 g/mol. The van der Waals surface area contributed by atoms with Crippen LogP contribution in [0, 0.1) is 0 Å².